The number of carbonyl (C=O) groups is 1. The fourth-order valence-electron chi connectivity index (χ4n) is 2.32. The lowest BCUT2D eigenvalue weighted by atomic mass is 10.2. The van der Waals surface area contributed by atoms with Gasteiger partial charge < -0.3 is 15.8 Å². The van der Waals surface area contributed by atoms with Crippen molar-refractivity contribution in [2.75, 3.05) is 18.8 Å². The zero-order valence-corrected chi connectivity index (χ0v) is 16.1. The number of hydrogen-bond donors (Lipinski definition) is 2. The molecule has 1 aromatic rings. The smallest absolute Gasteiger partial charge is 0.407 e. The number of pyridine rings is 1. The van der Waals surface area contributed by atoms with Crippen LogP contribution < -0.4 is 11.1 Å². The Morgan fingerprint density at radius 2 is 2.17 bits per heavy atom. The van der Waals surface area contributed by atoms with Crippen molar-refractivity contribution in [1.29, 1.82) is 0 Å². The van der Waals surface area contributed by atoms with Crippen molar-refractivity contribution < 1.29 is 17.9 Å². The highest BCUT2D eigenvalue weighted by molar-refractivity contribution is 9.10. The molecule has 1 aliphatic heterocycles. The molecule has 1 unspecified atom stereocenters. The molecule has 24 heavy (non-hydrogen) atoms. The van der Waals surface area contributed by atoms with Gasteiger partial charge in [-0.3, -0.25) is 0 Å². The van der Waals surface area contributed by atoms with Gasteiger partial charge in [-0.1, -0.05) is 0 Å². The van der Waals surface area contributed by atoms with E-state index >= 15 is 0 Å². The van der Waals surface area contributed by atoms with Crippen molar-refractivity contribution in [2.45, 2.75) is 43.7 Å². The van der Waals surface area contributed by atoms with Crippen LogP contribution in [-0.2, 0) is 14.8 Å². The molecule has 0 spiro atoms. The van der Waals surface area contributed by atoms with E-state index in [1.807, 2.05) is 0 Å². The minimum absolute atomic E-state index is 0.0465. The van der Waals surface area contributed by atoms with Crippen LogP contribution in [-0.4, -0.2) is 48.5 Å². The van der Waals surface area contributed by atoms with Crippen LogP contribution in [0.1, 0.15) is 27.2 Å². The highest BCUT2D eigenvalue weighted by atomic mass is 79.9. The van der Waals surface area contributed by atoms with Gasteiger partial charge in [0.2, 0.25) is 10.0 Å². The number of rotatable bonds is 3. The topological polar surface area (TPSA) is 115 Å². The number of amides is 1. The number of sulfonamides is 1. The summed E-state index contributed by atoms with van der Waals surface area (Å²) >= 11 is 3.20. The largest absolute Gasteiger partial charge is 0.444 e. The molecule has 1 saturated heterocycles. The summed E-state index contributed by atoms with van der Waals surface area (Å²) in [6.45, 7) is 5.74. The molecule has 0 aromatic carbocycles. The molecular weight excluding hydrogens is 400 g/mol. The number of nitrogens with zero attached hydrogens (tertiary/aromatic N) is 2. The van der Waals surface area contributed by atoms with Crippen LogP contribution in [0.4, 0.5) is 10.6 Å². The summed E-state index contributed by atoms with van der Waals surface area (Å²) in [5, 5.41) is 2.69. The van der Waals surface area contributed by atoms with Gasteiger partial charge in [0.25, 0.3) is 0 Å². The lowest BCUT2D eigenvalue weighted by Gasteiger charge is -2.22. The third-order valence-corrected chi connectivity index (χ3v) is 5.67. The van der Waals surface area contributed by atoms with Crippen LogP contribution in [0.15, 0.2) is 21.6 Å². The van der Waals surface area contributed by atoms with E-state index in [0.717, 1.165) is 0 Å². The van der Waals surface area contributed by atoms with E-state index in [0.29, 0.717) is 10.9 Å². The van der Waals surface area contributed by atoms with Gasteiger partial charge in [-0.15, -0.1) is 0 Å². The van der Waals surface area contributed by atoms with E-state index in [4.69, 9.17) is 10.5 Å². The molecule has 0 aliphatic carbocycles. The van der Waals surface area contributed by atoms with Gasteiger partial charge in [0.15, 0.2) is 0 Å². The molecule has 0 bridgehead atoms. The van der Waals surface area contributed by atoms with Crippen LogP contribution in [0, 0.1) is 0 Å². The van der Waals surface area contributed by atoms with Gasteiger partial charge in [-0.2, -0.15) is 4.31 Å². The maximum atomic E-state index is 12.7. The van der Waals surface area contributed by atoms with Gasteiger partial charge in [0.1, 0.15) is 16.3 Å². The predicted octanol–water partition coefficient (Wildman–Crippen LogP) is 1.71. The van der Waals surface area contributed by atoms with E-state index in [1.54, 1.807) is 20.8 Å². The number of alkyl carbamates (subject to hydrolysis) is 1. The number of anilines is 1. The molecule has 10 heteroatoms. The Bertz CT molecular complexity index is 733. The third-order valence-electron chi connectivity index (χ3n) is 3.34. The molecule has 0 radical (unpaired) electrons. The summed E-state index contributed by atoms with van der Waals surface area (Å²) in [4.78, 5) is 15.6. The number of aromatic nitrogens is 1. The minimum atomic E-state index is -3.77. The Labute approximate surface area is 149 Å². The van der Waals surface area contributed by atoms with Crippen LogP contribution in [0.25, 0.3) is 0 Å². The van der Waals surface area contributed by atoms with Gasteiger partial charge in [0.05, 0.1) is 0 Å². The lowest BCUT2D eigenvalue weighted by Crippen LogP contribution is -2.41. The van der Waals surface area contributed by atoms with Gasteiger partial charge in [-0.05, 0) is 49.2 Å². The van der Waals surface area contributed by atoms with Crippen molar-refractivity contribution in [2.24, 2.45) is 0 Å². The summed E-state index contributed by atoms with van der Waals surface area (Å²) in [6.07, 6.45) is 1.38. The van der Waals surface area contributed by atoms with E-state index in [-0.39, 0.29) is 29.8 Å². The highest BCUT2D eigenvalue weighted by Crippen LogP contribution is 2.26. The third kappa shape index (κ3) is 4.58. The summed E-state index contributed by atoms with van der Waals surface area (Å²) in [7, 11) is -3.77. The average molecular weight is 421 g/mol. The first-order valence-corrected chi connectivity index (χ1v) is 9.63. The van der Waals surface area contributed by atoms with Crippen molar-refractivity contribution >= 4 is 37.9 Å². The molecule has 1 aromatic heterocycles. The van der Waals surface area contributed by atoms with E-state index in [2.05, 4.69) is 26.2 Å². The number of nitrogen functional groups attached to an aromatic ring is 1. The fourth-order valence-corrected chi connectivity index (χ4v) is 4.39. The quantitative estimate of drug-likeness (QED) is 0.768. The van der Waals surface area contributed by atoms with Crippen LogP contribution in [0.3, 0.4) is 0 Å². The number of ether oxygens (including phenoxy) is 1. The number of nitrogens with one attached hydrogen (secondary N) is 1. The summed E-state index contributed by atoms with van der Waals surface area (Å²) in [6, 6.07) is 1.11. The number of nitrogens with two attached hydrogens (primary N) is 1. The molecule has 2 rings (SSSR count). The van der Waals surface area contributed by atoms with Crippen molar-refractivity contribution in [1.82, 2.24) is 14.6 Å². The molecule has 1 aliphatic rings. The molecule has 1 amide bonds. The maximum absolute atomic E-state index is 12.7. The van der Waals surface area contributed by atoms with Gasteiger partial charge in [-0.25, -0.2) is 18.2 Å². The molecule has 3 N–H and O–H groups in total. The van der Waals surface area contributed by atoms with Crippen LogP contribution in [0.5, 0.6) is 0 Å². The summed E-state index contributed by atoms with van der Waals surface area (Å²) in [5.74, 6) is -0.0539. The van der Waals surface area contributed by atoms with Crippen molar-refractivity contribution in [3.8, 4) is 0 Å². The predicted molar refractivity (Wildman–Crippen MR) is 92.9 cm³/mol. The monoisotopic (exact) mass is 420 g/mol. The molecule has 1 atom stereocenters. The second-order valence-corrected chi connectivity index (χ2v) is 9.35. The highest BCUT2D eigenvalue weighted by Gasteiger charge is 2.35. The number of halogens is 1. The Morgan fingerprint density at radius 1 is 1.50 bits per heavy atom. The lowest BCUT2D eigenvalue weighted by molar-refractivity contribution is 0.0507. The molecule has 2 heterocycles. The fraction of sp³-hybridized carbons (Fsp3) is 0.571. The Morgan fingerprint density at radius 3 is 2.79 bits per heavy atom. The number of carbonyl (C=O) groups excluding carboxylic acids is 1. The molecule has 1 fully saturated rings. The van der Waals surface area contributed by atoms with Gasteiger partial charge in [0, 0.05) is 29.8 Å². The Kier molecular flexibility index (Phi) is 5.41. The molecule has 134 valence electrons. The summed E-state index contributed by atoms with van der Waals surface area (Å²) in [5.41, 5.74) is 5.09. The zero-order valence-electron chi connectivity index (χ0n) is 13.7. The first-order chi connectivity index (χ1) is 11.0. The zero-order chi connectivity index (χ0) is 18.1. The minimum Gasteiger partial charge on any atom is -0.444 e. The first-order valence-electron chi connectivity index (χ1n) is 7.40. The second-order valence-electron chi connectivity index (χ2n) is 6.53. The van der Waals surface area contributed by atoms with Crippen LogP contribution >= 0.6 is 15.9 Å². The first kappa shape index (κ1) is 18.9. The SMILES string of the molecule is CC(C)(C)OC(=O)NC1CCN(S(=O)(=O)c2cc(Br)cnc2N)C1. The maximum Gasteiger partial charge on any atom is 0.407 e. The second kappa shape index (κ2) is 6.85. The van der Waals surface area contributed by atoms with E-state index in [9.17, 15) is 13.2 Å². The number of hydrogen-bond acceptors (Lipinski definition) is 6. The van der Waals surface area contributed by atoms with Crippen molar-refractivity contribution in [3.05, 3.63) is 16.7 Å². The standard InChI is InChI=1S/C14H21BrN4O4S/c1-14(2,3)23-13(20)18-10-4-5-19(8-10)24(21,22)11-6-9(15)7-17-12(11)16/h6-7,10H,4-5,8H2,1-3H3,(H2,16,17)(H,18,20). The molecular formula is C14H21BrN4O4S. The van der Waals surface area contributed by atoms with Gasteiger partial charge >= 0.3 is 6.09 Å². The Balaban J connectivity index is 2.07. The molecule has 8 nitrogen and oxygen atoms in total. The normalized spacial score (nSPS) is 19.2. The van der Waals surface area contributed by atoms with E-state index < -0.39 is 21.7 Å². The van der Waals surface area contributed by atoms with Crippen molar-refractivity contribution in [3.63, 3.8) is 0 Å². The average Bonchev–Trinajstić information content (AvgIpc) is 2.88. The van der Waals surface area contributed by atoms with E-state index in [1.165, 1.54) is 16.6 Å². The summed E-state index contributed by atoms with van der Waals surface area (Å²) < 4.78 is 32.4. The van der Waals surface area contributed by atoms with Crippen LogP contribution in [0.2, 0.25) is 0 Å². The Hall–Kier alpha value is -1.39. The molecule has 0 saturated carbocycles.